The normalized spacial score (nSPS) is 16.1. The minimum absolute atomic E-state index is 0. The van der Waals surface area contributed by atoms with Crippen molar-refractivity contribution in [3.63, 3.8) is 0 Å². The van der Waals surface area contributed by atoms with E-state index in [-0.39, 0.29) is 25.3 Å². The van der Waals surface area contributed by atoms with Crippen LogP contribution in [0.25, 0.3) is 0 Å². The SMILES string of the molecule is C=C(CC(C)C)C(=O)C[C@@H]1NCCc2cc(OC)c(OC)cc21.S. The molecule has 0 aliphatic carbocycles. The maximum atomic E-state index is 12.4. The van der Waals surface area contributed by atoms with E-state index in [1.807, 2.05) is 12.1 Å². The molecular weight excluding hydrogens is 322 g/mol. The summed E-state index contributed by atoms with van der Waals surface area (Å²) in [6, 6.07) is 4.02. The Labute approximate surface area is 152 Å². The van der Waals surface area contributed by atoms with Crippen molar-refractivity contribution in [2.75, 3.05) is 20.8 Å². The molecule has 5 heteroatoms. The Balaban J connectivity index is 0.00000288. The summed E-state index contributed by atoms with van der Waals surface area (Å²) in [5.41, 5.74) is 3.06. The van der Waals surface area contributed by atoms with E-state index in [4.69, 9.17) is 9.47 Å². The van der Waals surface area contributed by atoms with Crippen molar-refractivity contribution >= 4 is 19.3 Å². The van der Waals surface area contributed by atoms with Gasteiger partial charge in [0.05, 0.1) is 14.2 Å². The van der Waals surface area contributed by atoms with Gasteiger partial charge in [-0.1, -0.05) is 20.4 Å². The first kappa shape index (κ1) is 20.6. The molecule has 0 bridgehead atoms. The number of ketones is 1. The molecule has 0 saturated carbocycles. The Kier molecular flexibility index (Phi) is 7.84. The third-order valence-corrected chi connectivity index (χ3v) is 4.24. The number of hydrogen-bond donors (Lipinski definition) is 1. The highest BCUT2D eigenvalue weighted by Gasteiger charge is 2.25. The number of carbonyl (C=O) groups is 1. The first-order chi connectivity index (χ1) is 11.0. The summed E-state index contributed by atoms with van der Waals surface area (Å²) in [6.45, 7) is 9.02. The van der Waals surface area contributed by atoms with Gasteiger partial charge >= 0.3 is 0 Å². The number of ether oxygens (including phenoxy) is 2. The highest BCUT2D eigenvalue weighted by Crippen LogP contribution is 2.36. The minimum Gasteiger partial charge on any atom is -0.493 e. The van der Waals surface area contributed by atoms with E-state index in [9.17, 15) is 4.79 Å². The Morgan fingerprint density at radius 3 is 2.50 bits per heavy atom. The summed E-state index contributed by atoms with van der Waals surface area (Å²) in [5, 5.41) is 3.44. The fraction of sp³-hybridized carbons (Fsp3) is 0.526. The summed E-state index contributed by atoms with van der Waals surface area (Å²) < 4.78 is 10.8. The lowest BCUT2D eigenvalue weighted by molar-refractivity contribution is -0.116. The molecule has 1 aliphatic heterocycles. The zero-order chi connectivity index (χ0) is 17.0. The summed E-state index contributed by atoms with van der Waals surface area (Å²) in [7, 11) is 3.27. The highest BCUT2D eigenvalue weighted by atomic mass is 32.1. The molecule has 1 N–H and O–H groups in total. The minimum atomic E-state index is 0. The van der Waals surface area contributed by atoms with Crippen LogP contribution in [0.4, 0.5) is 0 Å². The first-order valence-corrected chi connectivity index (χ1v) is 8.15. The van der Waals surface area contributed by atoms with Crippen LogP contribution in [0.1, 0.15) is 43.9 Å². The van der Waals surface area contributed by atoms with Crippen molar-refractivity contribution in [1.82, 2.24) is 5.32 Å². The van der Waals surface area contributed by atoms with E-state index in [2.05, 4.69) is 25.7 Å². The average Bonchev–Trinajstić information content (AvgIpc) is 2.53. The van der Waals surface area contributed by atoms with Gasteiger partial charge in [-0.15, -0.1) is 0 Å². The molecule has 134 valence electrons. The van der Waals surface area contributed by atoms with Gasteiger partial charge in [-0.2, -0.15) is 13.5 Å². The number of carbonyl (C=O) groups excluding carboxylic acids is 1. The fourth-order valence-electron chi connectivity index (χ4n) is 3.09. The monoisotopic (exact) mass is 351 g/mol. The van der Waals surface area contributed by atoms with E-state index >= 15 is 0 Å². The molecule has 2 rings (SSSR count). The van der Waals surface area contributed by atoms with E-state index in [1.54, 1.807) is 14.2 Å². The maximum absolute atomic E-state index is 12.4. The van der Waals surface area contributed by atoms with Crippen LogP contribution in [0.15, 0.2) is 24.3 Å². The van der Waals surface area contributed by atoms with Gasteiger partial charge in [-0.05, 0) is 54.1 Å². The average molecular weight is 352 g/mol. The number of fused-ring (bicyclic) bond motifs is 1. The Morgan fingerprint density at radius 1 is 1.29 bits per heavy atom. The van der Waals surface area contributed by atoms with Gasteiger partial charge in [0.1, 0.15) is 0 Å². The van der Waals surface area contributed by atoms with Crippen LogP contribution in [-0.2, 0) is 11.2 Å². The highest BCUT2D eigenvalue weighted by molar-refractivity contribution is 7.59. The molecule has 0 radical (unpaired) electrons. The lowest BCUT2D eigenvalue weighted by Crippen LogP contribution is -2.31. The maximum Gasteiger partial charge on any atom is 0.161 e. The van der Waals surface area contributed by atoms with Crippen LogP contribution in [0.5, 0.6) is 11.5 Å². The van der Waals surface area contributed by atoms with Crippen LogP contribution in [0.3, 0.4) is 0 Å². The molecule has 1 aliphatic rings. The van der Waals surface area contributed by atoms with E-state index in [1.165, 1.54) is 5.56 Å². The van der Waals surface area contributed by atoms with Crippen molar-refractivity contribution < 1.29 is 14.3 Å². The second-order valence-electron chi connectivity index (χ2n) is 6.49. The molecular formula is C19H29NO3S. The second-order valence-corrected chi connectivity index (χ2v) is 6.49. The van der Waals surface area contributed by atoms with Gasteiger partial charge in [0.2, 0.25) is 0 Å². The predicted octanol–water partition coefficient (Wildman–Crippen LogP) is 3.56. The van der Waals surface area contributed by atoms with Gasteiger partial charge in [-0.25, -0.2) is 0 Å². The van der Waals surface area contributed by atoms with Crippen molar-refractivity contribution in [2.24, 2.45) is 5.92 Å². The van der Waals surface area contributed by atoms with Crippen molar-refractivity contribution in [3.05, 3.63) is 35.4 Å². The predicted molar refractivity (Wildman–Crippen MR) is 103 cm³/mol. The number of Topliss-reactive ketones (excluding diaryl/α,β-unsaturated/α-hetero) is 1. The van der Waals surface area contributed by atoms with Crippen LogP contribution in [-0.4, -0.2) is 26.5 Å². The van der Waals surface area contributed by atoms with Crippen LogP contribution < -0.4 is 14.8 Å². The zero-order valence-electron chi connectivity index (χ0n) is 15.1. The standard InChI is InChI=1S/C19H27NO3.H2S/c1-12(2)8-13(3)17(21)11-16-15-10-19(23-5)18(22-4)9-14(15)6-7-20-16;/h9-10,12,16,20H,3,6-8,11H2,1-2,4-5H3;1H2/t16-;/m0./s1. The third-order valence-electron chi connectivity index (χ3n) is 4.24. The topological polar surface area (TPSA) is 47.6 Å². The lowest BCUT2D eigenvalue weighted by atomic mass is 9.88. The third kappa shape index (κ3) is 4.77. The van der Waals surface area contributed by atoms with E-state index in [0.717, 1.165) is 36.3 Å². The Hall–Kier alpha value is -1.46. The Morgan fingerprint density at radius 2 is 1.92 bits per heavy atom. The molecule has 24 heavy (non-hydrogen) atoms. The number of nitrogens with one attached hydrogen (secondary N) is 1. The van der Waals surface area contributed by atoms with Crippen LogP contribution in [0, 0.1) is 5.92 Å². The molecule has 1 aromatic rings. The molecule has 0 aromatic heterocycles. The van der Waals surface area contributed by atoms with Crippen molar-refractivity contribution in [1.29, 1.82) is 0 Å². The summed E-state index contributed by atoms with van der Waals surface area (Å²) in [5.74, 6) is 2.03. The van der Waals surface area contributed by atoms with E-state index in [0.29, 0.717) is 18.1 Å². The van der Waals surface area contributed by atoms with Gasteiger partial charge in [-0.3, -0.25) is 4.79 Å². The molecule has 0 saturated heterocycles. The molecule has 1 atom stereocenters. The quantitative estimate of drug-likeness (QED) is 0.763. The van der Waals surface area contributed by atoms with Crippen molar-refractivity contribution in [3.8, 4) is 11.5 Å². The number of hydrogen-bond acceptors (Lipinski definition) is 4. The molecule has 0 fully saturated rings. The molecule has 0 unspecified atom stereocenters. The number of rotatable bonds is 7. The van der Waals surface area contributed by atoms with Gasteiger partial charge in [0, 0.05) is 12.5 Å². The fourth-order valence-corrected chi connectivity index (χ4v) is 3.09. The first-order valence-electron chi connectivity index (χ1n) is 8.15. The van der Waals surface area contributed by atoms with E-state index < -0.39 is 0 Å². The molecule has 0 spiro atoms. The van der Waals surface area contributed by atoms with Gasteiger partial charge in [0.25, 0.3) is 0 Å². The zero-order valence-corrected chi connectivity index (χ0v) is 16.1. The molecule has 1 heterocycles. The van der Waals surface area contributed by atoms with Crippen LogP contribution in [0.2, 0.25) is 0 Å². The van der Waals surface area contributed by atoms with Crippen molar-refractivity contribution in [2.45, 2.75) is 39.2 Å². The smallest absolute Gasteiger partial charge is 0.161 e. The summed E-state index contributed by atoms with van der Waals surface area (Å²) >= 11 is 0. The van der Waals surface area contributed by atoms with Gasteiger partial charge < -0.3 is 14.8 Å². The number of benzene rings is 1. The summed E-state index contributed by atoms with van der Waals surface area (Å²) in [4.78, 5) is 12.4. The molecule has 4 nitrogen and oxygen atoms in total. The number of methoxy groups -OCH3 is 2. The molecule has 0 amide bonds. The Bertz CT molecular complexity index is 599. The largest absolute Gasteiger partial charge is 0.493 e. The lowest BCUT2D eigenvalue weighted by Gasteiger charge is -2.28. The number of allylic oxidation sites excluding steroid dienone is 1. The van der Waals surface area contributed by atoms with Crippen LogP contribution >= 0.6 is 13.5 Å². The second kappa shape index (κ2) is 9.14. The molecule has 1 aromatic carbocycles. The van der Waals surface area contributed by atoms with Gasteiger partial charge in [0.15, 0.2) is 17.3 Å². The summed E-state index contributed by atoms with van der Waals surface area (Å²) in [6.07, 6.45) is 2.12.